The molecule has 1 fully saturated rings. The fourth-order valence-electron chi connectivity index (χ4n) is 4.59. The third-order valence-electron chi connectivity index (χ3n) is 6.42. The predicted molar refractivity (Wildman–Crippen MR) is 140 cm³/mol. The van der Waals surface area contributed by atoms with E-state index in [2.05, 4.69) is 4.90 Å². The van der Waals surface area contributed by atoms with Crippen LogP contribution < -0.4 is 4.90 Å². The van der Waals surface area contributed by atoms with E-state index in [1.165, 1.54) is 0 Å². The Morgan fingerprint density at radius 3 is 1.97 bits per heavy atom. The molecule has 1 heterocycles. The average molecular weight is 495 g/mol. The molecule has 1 saturated heterocycles. The first-order chi connectivity index (χ1) is 16.3. The Bertz CT molecular complexity index is 1170. The molecule has 1 aliphatic heterocycles. The van der Waals surface area contributed by atoms with Crippen molar-refractivity contribution in [3.63, 3.8) is 0 Å². The zero-order valence-corrected chi connectivity index (χ0v) is 20.9. The number of Topliss-reactive ketones (excluding diaryl/α,β-unsaturated/α-hetero) is 1. The van der Waals surface area contributed by atoms with E-state index in [1.807, 2.05) is 71.6 Å². The lowest BCUT2D eigenvalue weighted by atomic mass is 9.99. The largest absolute Gasteiger partial charge is 0.310 e. The SMILES string of the molecule is CC(=O)c1ccc(-c2ccc(N(C(C)=O)C3CCN(Cc4ccc(Cl)c(Cl)c4)CC3)cc2)cc1. The molecule has 3 aromatic carbocycles. The van der Waals surface area contributed by atoms with Crippen molar-refractivity contribution >= 4 is 40.6 Å². The van der Waals surface area contributed by atoms with Crippen molar-refractivity contribution in [3.05, 3.63) is 87.9 Å². The highest BCUT2D eigenvalue weighted by Gasteiger charge is 2.27. The summed E-state index contributed by atoms with van der Waals surface area (Å²) in [6, 6.07) is 21.6. The topological polar surface area (TPSA) is 40.6 Å². The van der Waals surface area contributed by atoms with Gasteiger partial charge in [0, 0.05) is 43.9 Å². The molecule has 0 aliphatic carbocycles. The average Bonchev–Trinajstić information content (AvgIpc) is 2.83. The molecule has 3 aromatic rings. The molecule has 0 N–H and O–H groups in total. The second-order valence-electron chi connectivity index (χ2n) is 8.83. The van der Waals surface area contributed by atoms with E-state index in [0.717, 1.165) is 54.9 Å². The summed E-state index contributed by atoms with van der Waals surface area (Å²) in [5.74, 6) is 0.114. The Kier molecular flexibility index (Phi) is 7.72. The van der Waals surface area contributed by atoms with E-state index < -0.39 is 0 Å². The van der Waals surface area contributed by atoms with Gasteiger partial charge in [-0.2, -0.15) is 0 Å². The predicted octanol–water partition coefficient (Wildman–Crippen LogP) is 6.88. The second-order valence-corrected chi connectivity index (χ2v) is 9.64. The number of piperidine rings is 1. The molecule has 0 bridgehead atoms. The van der Waals surface area contributed by atoms with Gasteiger partial charge >= 0.3 is 0 Å². The lowest BCUT2D eigenvalue weighted by molar-refractivity contribution is -0.117. The molecule has 176 valence electrons. The van der Waals surface area contributed by atoms with E-state index in [1.54, 1.807) is 13.8 Å². The number of amides is 1. The highest BCUT2D eigenvalue weighted by Crippen LogP contribution is 2.29. The van der Waals surface area contributed by atoms with E-state index >= 15 is 0 Å². The number of ketones is 1. The molecule has 0 radical (unpaired) electrons. The molecule has 0 atom stereocenters. The Morgan fingerprint density at radius 1 is 0.853 bits per heavy atom. The molecule has 6 heteroatoms. The van der Waals surface area contributed by atoms with Crippen LogP contribution >= 0.6 is 23.2 Å². The lowest BCUT2D eigenvalue weighted by Crippen LogP contribution is -2.46. The van der Waals surface area contributed by atoms with Gasteiger partial charge in [0.1, 0.15) is 0 Å². The van der Waals surface area contributed by atoms with E-state index in [4.69, 9.17) is 23.2 Å². The van der Waals surface area contributed by atoms with Crippen LogP contribution in [0.25, 0.3) is 11.1 Å². The van der Waals surface area contributed by atoms with Crippen molar-refractivity contribution in [1.29, 1.82) is 0 Å². The molecular weight excluding hydrogens is 467 g/mol. The summed E-state index contributed by atoms with van der Waals surface area (Å²) >= 11 is 12.2. The molecule has 0 spiro atoms. The van der Waals surface area contributed by atoms with E-state index in [9.17, 15) is 9.59 Å². The van der Waals surface area contributed by atoms with Crippen LogP contribution in [0.2, 0.25) is 10.0 Å². The number of rotatable bonds is 6. The third kappa shape index (κ3) is 5.69. The first-order valence-corrected chi connectivity index (χ1v) is 12.2. The van der Waals surface area contributed by atoms with Gasteiger partial charge in [0.25, 0.3) is 0 Å². The number of hydrogen-bond donors (Lipinski definition) is 0. The van der Waals surface area contributed by atoms with Crippen LogP contribution in [0.15, 0.2) is 66.7 Å². The standard InChI is InChI=1S/C28H28Cl2N2O2/c1-19(33)22-4-6-23(7-5-22)24-8-10-25(11-9-24)32(20(2)34)26-13-15-31(16-14-26)18-21-3-12-27(29)28(30)17-21/h3-12,17,26H,13-16,18H2,1-2H3. The molecule has 0 unspecified atom stereocenters. The smallest absolute Gasteiger partial charge is 0.224 e. The van der Waals surface area contributed by atoms with Crippen LogP contribution in [-0.4, -0.2) is 35.7 Å². The minimum Gasteiger partial charge on any atom is -0.310 e. The first kappa shape index (κ1) is 24.5. The Hall–Kier alpha value is -2.66. The van der Waals surface area contributed by atoms with Crippen LogP contribution in [0.1, 0.15) is 42.6 Å². The number of anilines is 1. The summed E-state index contributed by atoms with van der Waals surface area (Å²) in [6.07, 6.45) is 1.82. The van der Waals surface area contributed by atoms with Crippen LogP contribution in [0.3, 0.4) is 0 Å². The Labute approximate surface area is 211 Å². The Balaban J connectivity index is 1.41. The molecular formula is C28H28Cl2N2O2. The van der Waals surface area contributed by atoms with Gasteiger partial charge in [0.2, 0.25) is 5.91 Å². The van der Waals surface area contributed by atoms with Crippen LogP contribution in [-0.2, 0) is 11.3 Å². The van der Waals surface area contributed by atoms with Crippen LogP contribution in [0.4, 0.5) is 5.69 Å². The molecule has 0 saturated carbocycles. The number of benzene rings is 3. The van der Waals surface area contributed by atoms with Crippen LogP contribution in [0, 0.1) is 0 Å². The maximum atomic E-state index is 12.6. The third-order valence-corrected chi connectivity index (χ3v) is 7.16. The maximum Gasteiger partial charge on any atom is 0.224 e. The van der Waals surface area contributed by atoms with Crippen molar-refractivity contribution in [1.82, 2.24) is 4.90 Å². The zero-order valence-electron chi connectivity index (χ0n) is 19.4. The van der Waals surface area contributed by atoms with Gasteiger partial charge in [-0.25, -0.2) is 0 Å². The van der Waals surface area contributed by atoms with Crippen molar-refractivity contribution in [2.75, 3.05) is 18.0 Å². The fraction of sp³-hybridized carbons (Fsp3) is 0.286. The number of nitrogens with zero attached hydrogens (tertiary/aromatic N) is 2. The minimum atomic E-state index is 0.0569. The van der Waals surface area contributed by atoms with E-state index in [-0.39, 0.29) is 17.7 Å². The normalized spacial score (nSPS) is 14.7. The summed E-state index contributed by atoms with van der Waals surface area (Å²) < 4.78 is 0. The Morgan fingerprint density at radius 2 is 1.44 bits per heavy atom. The fourth-order valence-corrected chi connectivity index (χ4v) is 4.91. The van der Waals surface area contributed by atoms with Crippen molar-refractivity contribution in [2.45, 2.75) is 39.3 Å². The quantitative estimate of drug-likeness (QED) is 0.350. The van der Waals surface area contributed by atoms with Gasteiger partial charge < -0.3 is 4.90 Å². The number of halogens is 2. The van der Waals surface area contributed by atoms with Crippen LogP contribution in [0.5, 0.6) is 0 Å². The molecule has 4 rings (SSSR count). The molecule has 34 heavy (non-hydrogen) atoms. The van der Waals surface area contributed by atoms with Gasteiger partial charge in [0.15, 0.2) is 5.78 Å². The molecule has 4 nitrogen and oxygen atoms in total. The highest BCUT2D eigenvalue weighted by atomic mass is 35.5. The maximum absolute atomic E-state index is 12.6. The van der Waals surface area contributed by atoms with Gasteiger partial charge in [0.05, 0.1) is 10.0 Å². The summed E-state index contributed by atoms with van der Waals surface area (Å²) in [6.45, 7) is 5.85. The van der Waals surface area contributed by atoms with Gasteiger partial charge in [-0.3, -0.25) is 14.5 Å². The minimum absolute atomic E-state index is 0.0569. The molecule has 0 aromatic heterocycles. The van der Waals surface area contributed by atoms with E-state index in [0.29, 0.717) is 15.6 Å². The highest BCUT2D eigenvalue weighted by molar-refractivity contribution is 6.42. The molecule has 1 aliphatic rings. The van der Waals surface area contributed by atoms with Gasteiger partial charge in [-0.1, -0.05) is 65.7 Å². The number of carbonyl (C=O) groups is 2. The van der Waals surface area contributed by atoms with Crippen molar-refractivity contribution in [3.8, 4) is 11.1 Å². The van der Waals surface area contributed by atoms with Gasteiger partial charge in [-0.05, 0) is 60.7 Å². The van der Waals surface area contributed by atoms with Crippen molar-refractivity contribution in [2.24, 2.45) is 0 Å². The molecule has 1 amide bonds. The number of carbonyl (C=O) groups excluding carboxylic acids is 2. The second kappa shape index (κ2) is 10.7. The summed E-state index contributed by atoms with van der Waals surface area (Å²) in [7, 11) is 0. The number of hydrogen-bond acceptors (Lipinski definition) is 3. The van der Waals surface area contributed by atoms with Crippen molar-refractivity contribution < 1.29 is 9.59 Å². The lowest BCUT2D eigenvalue weighted by Gasteiger charge is -2.38. The number of likely N-dealkylation sites (tertiary alicyclic amines) is 1. The monoisotopic (exact) mass is 494 g/mol. The summed E-state index contributed by atoms with van der Waals surface area (Å²) in [4.78, 5) is 28.4. The summed E-state index contributed by atoms with van der Waals surface area (Å²) in [5.41, 5.74) is 4.86. The first-order valence-electron chi connectivity index (χ1n) is 11.5. The van der Waals surface area contributed by atoms with Gasteiger partial charge in [-0.15, -0.1) is 0 Å². The zero-order chi connectivity index (χ0) is 24.2. The summed E-state index contributed by atoms with van der Waals surface area (Å²) in [5, 5.41) is 1.15.